The van der Waals surface area contributed by atoms with Crippen LogP contribution in [-0.4, -0.2) is 36.1 Å². The van der Waals surface area contributed by atoms with Gasteiger partial charge in [0, 0.05) is 31.2 Å². The molecule has 3 fully saturated rings. The van der Waals surface area contributed by atoms with E-state index >= 15 is 0 Å². The molecule has 0 aromatic carbocycles. The zero-order valence-corrected chi connectivity index (χ0v) is 10.1. The van der Waals surface area contributed by atoms with E-state index in [-0.39, 0.29) is 0 Å². The van der Waals surface area contributed by atoms with E-state index < -0.39 is 0 Å². The zero-order valence-electron chi connectivity index (χ0n) is 10.1. The summed E-state index contributed by atoms with van der Waals surface area (Å²) in [4.78, 5) is 2.77. The molecule has 1 aliphatic heterocycles. The average Bonchev–Trinajstić information content (AvgIpc) is 3.10. The second-order valence-corrected chi connectivity index (χ2v) is 6.06. The van der Waals surface area contributed by atoms with Gasteiger partial charge in [0.2, 0.25) is 0 Å². The van der Waals surface area contributed by atoms with Crippen LogP contribution in [0.3, 0.4) is 0 Å². The Kier molecular flexibility index (Phi) is 2.33. The third-order valence-electron chi connectivity index (χ3n) is 4.82. The van der Waals surface area contributed by atoms with Crippen molar-refractivity contribution in [2.75, 3.05) is 19.6 Å². The van der Waals surface area contributed by atoms with Crippen LogP contribution in [0.1, 0.15) is 39.5 Å². The molecule has 0 amide bonds. The van der Waals surface area contributed by atoms with Crippen molar-refractivity contribution in [2.45, 2.75) is 51.1 Å². The maximum atomic E-state index is 3.76. The summed E-state index contributed by atoms with van der Waals surface area (Å²) in [6, 6.07) is 0.940. The van der Waals surface area contributed by atoms with E-state index in [0.717, 1.165) is 17.9 Å². The largest absolute Gasteiger partial charge is 0.309 e. The second kappa shape index (κ2) is 3.46. The molecule has 86 valence electrons. The summed E-state index contributed by atoms with van der Waals surface area (Å²) in [5.74, 6) is 1.99. The van der Waals surface area contributed by atoms with Gasteiger partial charge in [-0.15, -0.1) is 0 Å². The molecular weight excluding hydrogens is 184 g/mol. The molecule has 3 atom stereocenters. The Morgan fingerprint density at radius 2 is 2.20 bits per heavy atom. The maximum absolute atomic E-state index is 3.76. The Balaban J connectivity index is 1.61. The van der Waals surface area contributed by atoms with Gasteiger partial charge in [-0.25, -0.2) is 0 Å². The summed E-state index contributed by atoms with van der Waals surface area (Å²) in [6.07, 6.45) is 5.77. The highest BCUT2D eigenvalue weighted by atomic mass is 15.3. The number of nitrogens with one attached hydrogen (secondary N) is 1. The molecule has 3 rings (SSSR count). The van der Waals surface area contributed by atoms with Gasteiger partial charge in [0.1, 0.15) is 0 Å². The van der Waals surface area contributed by atoms with Crippen LogP contribution in [0, 0.1) is 11.8 Å². The van der Waals surface area contributed by atoms with Gasteiger partial charge in [-0.05, 0) is 38.0 Å². The van der Waals surface area contributed by atoms with Crippen LogP contribution in [0.2, 0.25) is 0 Å². The normalized spacial score (nSPS) is 46.8. The predicted octanol–water partition coefficient (Wildman–Crippen LogP) is 1.86. The molecule has 3 aliphatic rings. The van der Waals surface area contributed by atoms with E-state index in [9.17, 15) is 0 Å². The molecule has 0 aromatic heterocycles. The smallest absolute Gasteiger partial charge is 0.0309 e. The molecule has 2 aliphatic carbocycles. The fourth-order valence-corrected chi connectivity index (χ4v) is 3.44. The topological polar surface area (TPSA) is 15.3 Å². The molecule has 1 N–H and O–H groups in total. The number of hydrogen-bond acceptors (Lipinski definition) is 2. The predicted molar refractivity (Wildman–Crippen MR) is 62.9 cm³/mol. The van der Waals surface area contributed by atoms with Gasteiger partial charge in [0.05, 0.1) is 0 Å². The number of hydrogen-bond donors (Lipinski definition) is 1. The summed E-state index contributed by atoms with van der Waals surface area (Å²) in [5, 5.41) is 3.76. The first-order valence-corrected chi connectivity index (χ1v) is 6.72. The van der Waals surface area contributed by atoms with Crippen molar-refractivity contribution < 1.29 is 0 Å². The van der Waals surface area contributed by atoms with Crippen LogP contribution in [0.25, 0.3) is 0 Å². The lowest BCUT2D eigenvalue weighted by molar-refractivity contribution is 0.116. The third kappa shape index (κ3) is 1.83. The minimum absolute atomic E-state index is 0.444. The van der Waals surface area contributed by atoms with Crippen molar-refractivity contribution in [3.8, 4) is 0 Å². The fraction of sp³-hybridized carbons (Fsp3) is 1.00. The Morgan fingerprint density at radius 3 is 2.80 bits per heavy atom. The quantitative estimate of drug-likeness (QED) is 0.761. The van der Waals surface area contributed by atoms with Gasteiger partial charge in [0.25, 0.3) is 0 Å². The lowest BCUT2D eigenvalue weighted by Gasteiger charge is -2.42. The molecule has 0 aromatic rings. The van der Waals surface area contributed by atoms with E-state index in [0.29, 0.717) is 5.54 Å². The summed E-state index contributed by atoms with van der Waals surface area (Å²) in [5.41, 5.74) is 0.444. The zero-order chi connectivity index (χ0) is 10.5. The monoisotopic (exact) mass is 208 g/mol. The summed E-state index contributed by atoms with van der Waals surface area (Å²) >= 11 is 0. The third-order valence-corrected chi connectivity index (χ3v) is 4.82. The average molecular weight is 208 g/mol. The maximum Gasteiger partial charge on any atom is 0.0309 e. The first-order valence-electron chi connectivity index (χ1n) is 6.72. The van der Waals surface area contributed by atoms with E-state index in [1.54, 1.807) is 0 Å². The van der Waals surface area contributed by atoms with Crippen LogP contribution < -0.4 is 5.32 Å². The van der Waals surface area contributed by atoms with Crippen LogP contribution in [0.5, 0.6) is 0 Å². The molecule has 15 heavy (non-hydrogen) atoms. The standard InChI is InChI=1S/C13H24N2/c1-3-10-8-12(10)15-7-6-14-13(2,9-15)11-4-5-11/h10-12,14H,3-9H2,1-2H3. The lowest BCUT2D eigenvalue weighted by atomic mass is 9.93. The molecule has 1 saturated heterocycles. The first kappa shape index (κ1) is 10.1. The van der Waals surface area contributed by atoms with Gasteiger partial charge in [-0.3, -0.25) is 4.90 Å². The first-order chi connectivity index (χ1) is 7.23. The molecule has 0 radical (unpaired) electrons. The summed E-state index contributed by atoms with van der Waals surface area (Å²) in [7, 11) is 0. The highest BCUT2D eigenvalue weighted by molar-refractivity contribution is 5.05. The Morgan fingerprint density at radius 1 is 1.40 bits per heavy atom. The van der Waals surface area contributed by atoms with Crippen LogP contribution in [-0.2, 0) is 0 Å². The molecule has 1 heterocycles. The highest BCUT2D eigenvalue weighted by Gasteiger charge is 2.48. The van der Waals surface area contributed by atoms with Crippen molar-refractivity contribution in [3.63, 3.8) is 0 Å². The van der Waals surface area contributed by atoms with E-state index in [1.165, 1.54) is 45.3 Å². The van der Waals surface area contributed by atoms with Gasteiger partial charge in [-0.1, -0.05) is 13.3 Å². The molecule has 2 heteroatoms. The lowest BCUT2D eigenvalue weighted by Crippen LogP contribution is -2.60. The van der Waals surface area contributed by atoms with Crippen molar-refractivity contribution >= 4 is 0 Å². The van der Waals surface area contributed by atoms with E-state index in [1.807, 2.05) is 0 Å². The van der Waals surface area contributed by atoms with Gasteiger partial charge < -0.3 is 5.32 Å². The minimum Gasteiger partial charge on any atom is -0.309 e. The van der Waals surface area contributed by atoms with E-state index in [2.05, 4.69) is 24.1 Å². The Hall–Kier alpha value is -0.0800. The minimum atomic E-state index is 0.444. The number of piperazine rings is 1. The molecule has 0 bridgehead atoms. The molecule has 0 spiro atoms. The molecule has 2 nitrogen and oxygen atoms in total. The second-order valence-electron chi connectivity index (χ2n) is 6.06. The van der Waals surface area contributed by atoms with Crippen molar-refractivity contribution in [1.29, 1.82) is 0 Å². The van der Waals surface area contributed by atoms with Crippen molar-refractivity contribution in [3.05, 3.63) is 0 Å². The molecular formula is C13H24N2. The Labute approximate surface area is 93.4 Å². The summed E-state index contributed by atoms with van der Waals surface area (Å²) in [6.45, 7) is 8.58. The van der Waals surface area contributed by atoms with Crippen molar-refractivity contribution in [2.24, 2.45) is 11.8 Å². The summed E-state index contributed by atoms with van der Waals surface area (Å²) < 4.78 is 0. The fourth-order valence-electron chi connectivity index (χ4n) is 3.44. The molecule has 3 unspecified atom stereocenters. The SMILES string of the molecule is CCC1CC1N1CCNC(C)(C2CC2)C1. The highest BCUT2D eigenvalue weighted by Crippen LogP contribution is 2.44. The van der Waals surface area contributed by atoms with Crippen LogP contribution >= 0.6 is 0 Å². The molecule has 2 saturated carbocycles. The Bertz CT molecular complexity index is 249. The van der Waals surface area contributed by atoms with E-state index in [4.69, 9.17) is 0 Å². The van der Waals surface area contributed by atoms with Gasteiger partial charge in [0.15, 0.2) is 0 Å². The van der Waals surface area contributed by atoms with Crippen LogP contribution in [0.15, 0.2) is 0 Å². The van der Waals surface area contributed by atoms with Gasteiger partial charge in [-0.2, -0.15) is 0 Å². The van der Waals surface area contributed by atoms with Gasteiger partial charge >= 0.3 is 0 Å². The number of nitrogens with zero attached hydrogens (tertiary/aromatic N) is 1. The number of rotatable bonds is 3. The van der Waals surface area contributed by atoms with Crippen LogP contribution in [0.4, 0.5) is 0 Å². The van der Waals surface area contributed by atoms with Crippen molar-refractivity contribution in [1.82, 2.24) is 10.2 Å².